The minimum atomic E-state index is -4.46. The molecule has 0 bridgehead atoms. The molecule has 1 aromatic heterocycles. The number of carbonyl (C=O) groups excluding carboxylic acids is 2. The number of aliphatic imine (C=N–C) groups is 2. The van der Waals surface area contributed by atoms with Crippen molar-refractivity contribution in [1.29, 1.82) is 0 Å². The number of nitrogen functional groups attached to an aromatic ring is 1. The van der Waals surface area contributed by atoms with Gasteiger partial charge in [0.25, 0.3) is 5.91 Å². The molecule has 53 heavy (non-hydrogen) atoms. The van der Waals surface area contributed by atoms with Crippen LogP contribution in [0.25, 0.3) is 0 Å². The number of nitrogens with zero attached hydrogens (tertiary/aromatic N) is 5. The van der Waals surface area contributed by atoms with Crippen LogP contribution in [0.3, 0.4) is 0 Å². The first-order valence-electron chi connectivity index (χ1n) is 16.5. The number of amides is 2. The summed E-state index contributed by atoms with van der Waals surface area (Å²) in [4.78, 5) is 40.1. The van der Waals surface area contributed by atoms with Crippen molar-refractivity contribution in [3.63, 3.8) is 0 Å². The zero-order chi connectivity index (χ0) is 37.9. The first-order chi connectivity index (χ1) is 25.2. The number of piperidine rings is 2. The number of thioether (sulfide) groups is 1. The molecule has 5 N–H and O–H groups in total. The fraction of sp³-hybridized carbons (Fsp3) is 0.424. The Morgan fingerprint density at radius 3 is 1.81 bits per heavy atom. The second-order valence-electron chi connectivity index (χ2n) is 12.3. The van der Waals surface area contributed by atoms with Crippen LogP contribution in [0.5, 0.6) is 11.5 Å². The van der Waals surface area contributed by atoms with Gasteiger partial charge in [0.05, 0.1) is 17.5 Å². The van der Waals surface area contributed by atoms with Gasteiger partial charge in [0.15, 0.2) is 16.5 Å². The highest BCUT2D eigenvalue weighted by Gasteiger charge is 2.40. The maximum atomic E-state index is 13.1. The second-order valence-corrected chi connectivity index (χ2v) is 14.4. The van der Waals surface area contributed by atoms with E-state index in [1.807, 2.05) is 9.80 Å². The number of likely N-dealkylation sites (tertiary alicyclic amines) is 1. The predicted octanol–water partition coefficient (Wildman–Crippen LogP) is 5.40. The van der Waals surface area contributed by atoms with Crippen LogP contribution < -0.4 is 31.2 Å². The highest BCUT2D eigenvalue weighted by molar-refractivity contribution is 8.15. The molecule has 2 saturated heterocycles. The standard InChI is InChI=1S/C17H17F3N4O2S.C16H17F3N4O2S/c18-17(19,20)11-3-1-2-4-12(11)26-10-5-7-24(8-6-10)16-23-14-13(27-16)15(25)22-9-21-14;17-16(18,19)10-3-1-2-4-11(10)25-9-5-7-23(8-6-9)15-22-13(20)12(26-15)14(21)24/h1-4,9-10,13-14H,5-8H2,(H,21,22,25);1-4,9H,5-8,20H2,(H2,21,24). The SMILES string of the molecule is NC(=O)c1sc(N2CCC(Oc3ccccc3C(F)(F)F)CC2)nc1N.O=C1NC=NC2N=C(N3CCC(Oc4ccccc4C(F)(F)F)CC3)SC12. The van der Waals surface area contributed by atoms with E-state index in [2.05, 4.69) is 20.3 Å². The number of anilines is 2. The Hall–Kier alpha value is -4.72. The summed E-state index contributed by atoms with van der Waals surface area (Å²) in [7, 11) is 0. The Labute approximate surface area is 307 Å². The molecule has 5 heterocycles. The normalized spacial score (nSPS) is 20.9. The third-order valence-electron chi connectivity index (χ3n) is 8.70. The van der Waals surface area contributed by atoms with Crippen LogP contribution in [0.2, 0.25) is 0 Å². The lowest BCUT2D eigenvalue weighted by atomic mass is 10.1. The molecule has 3 aromatic rings. The topological polar surface area (TPSA) is 161 Å². The Morgan fingerprint density at radius 2 is 1.34 bits per heavy atom. The van der Waals surface area contributed by atoms with Gasteiger partial charge in [0.2, 0.25) is 5.91 Å². The van der Waals surface area contributed by atoms with Crippen molar-refractivity contribution in [2.75, 3.05) is 36.8 Å². The minimum absolute atomic E-state index is 0.0926. The Morgan fingerprint density at radius 1 is 0.830 bits per heavy atom. The van der Waals surface area contributed by atoms with Gasteiger partial charge < -0.3 is 36.1 Å². The molecule has 4 aliphatic rings. The van der Waals surface area contributed by atoms with E-state index < -0.39 is 35.6 Å². The smallest absolute Gasteiger partial charge is 0.419 e. The van der Waals surface area contributed by atoms with Crippen LogP contribution in [0, 0.1) is 0 Å². The summed E-state index contributed by atoms with van der Waals surface area (Å²) in [5.41, 5.74) is 9.38. The maximum absolute atomic E-state index is 13.1. The number of hydrogen-bond acceptors (Lipinski definition) is 12. The number of nitrogens with two attached hydrogens (primary N) is 2. The molecule has 2 amide bonds. The molecule has 7 rings (SSSR count). The van der Waals surface area contributed by atoms with Crippen LogP contribution in [0.15, 0.2) is 58.5 Å². The number of ether oxygens (including phenoxy) is 2. The van der Waals surface area contributed by atoms with E-state index in [-0.39, 0.29) is 45.6 Å². The number of hydrogen-bond donors (Lipinski definition) is 3. The highest BCUT2D eigenvalue weighted by Crippen LogP contribution is 2.39. The third-order valence-corrected chi connectivity index (χ3v) is 11.1. The number of rotatable bonds is 6. The molecule has 2 aromatic carbocycles. The Balaban J connectivity index is 0.000000182. The largest absolute Gasteiger partial charge is 0.490 e. The quantitative estimate of drug-likeness (QED) is 0.279. The highest BCUT2D eigenvalue weighted by atomic mass is 32.2. The number of amidine groups is 1. The summed E-state index contributed by atoms with van der Waals surface area (Å²) in [5.74, 6) is -0.940. The number of aromatic nitrogens is 1. The molecule has 284 valence electrons. The van der Waals surface area contributed by atoms with Gasteiger partial charge in [0, 0.05) is 51.9 Å². The molecular formula is C33H34F6N8O4S2. The second kappa shape index (κ2) is 15.7. The van der Waals surface area contributed by atoms with Gasteiger partial charge in [-0.05, 0) is 24.3 Å². The van der Waals surface area contributed by atoms with E-state index in [1.54, 1.807) is 0 Å². The van der Waals surface area contributed by atoms with Gasteiger partial charge in [-0.3, -0.25) is 9.59 Å². The Bertz CT molecular complexity index is 1860. The van der Waals surface area contributed by atoms with Crippen LogP contribution >= 0.6 is 23.1 Å². The number of carbonyl (C=O) groups is 2. The predicted molar refractivity (Wildman–Crippen MR) is 188 cm³/mol. The molecule has 2 atom stereocenters. The van der Waals surface area contributed by atoms with Crippen molar-refractivity contribution >= 4 is 57.4 Å². The molecule has 2 unspecified atom stereocenters. The molecule has 0 saturated carbocycles. The summed E-state index contributed by atoms with van der Waals surface area (Å²) in [6.45, 7) is 2.28. The van der Waals surface area contributed by atoms with Gasteiger partial charge in [-0.15, -0.1) is 0 Å². The van der Waals surface area contributed by atoms with E-state index in [9.17, 15) is 35.9 Å². The van der Waals surface area contributed by atoms with E-state index in [1.165, 1.54) is 54.5 Å². The summed E-state index contributed by atoms with van der Waals surface area (Å²) < 4.78 is 89.7. The van der Waals surface area contributed by atoms with Crippen LogP contribution in [-0.4, -0.2) is 83.0 Å². The first kappa shape index (κ1) is 38.0. The number of halogens is 6. The van der Waals surface area contributed by atoms with Gasteiger partial charge in [-0.2, -0.15) is 26.3 Å². The number of para-hydroxylation sites is 2. The van der Waals surface area contributed by atoms with Crippen molar-refractivity contribution in [1.82, 2.24) is 15.2 Å². The molecule has 4 aliphatic heterocycles. The minimum Gasteiger partial charge on any atom is -0.490 e. The zero-order valence-electron chi connectivity index (χ0n) is 27.8. The maximum Gasteiger partial charge on any atom is 0.419 e. The van der Waals surface area contributed by atoms with Gasteiger partial charge >= 0.3 is 12.4 Å². The number of primary amides is 1. The number of fused-ring (bicyclic) bond motifs is 1. The van der Waals surface area contributed by atoms with Gasteiger partial charge in [0.1, 0.15) is 39.7 Å². The summed E-state index contributed by atoms with van der Waals surface area (Å²) in [5, 5.41) is 3.56. The van der Waals surface area contributed by atoms with Gasteiger partial charge in [-0.25, -0.2) is 15.0 Å². The van der Waals surface area contributed by atoms with Crippen molar-refractivity contribution in [2.24, 2.45) is 15.7 Å². The third kappa shape index (κ3) is 9.09. The summed E-state index contributed by atoms with van der Waals surface area (Å²) in [6.07, 6.45) is -6.34. The van der Waals surface area contributed by atoms with Crippen LogP contribution in [-0.2, 0) is 17.1 Å². The van der Waals surface area contributed by atoms with E-state index in [0.717, 1.165) is 28.6 Å². The number of benzene rings is 2. The van der Waals surface area contributed by atoms with E-state index in [0.29, 0.717) is 57.0 Å². The van der Waals surface area contributed by atoms with Crippen molar-refractivity contribution in [3.05, 3.63) is 64.5 Å². The molecule has 0 spiro atoms. The summed E-state index contributed by atoms with van der Waals surface area (Å²) in [6, 6.07) is 10.5. The van der Waals surface area contributed by atoms with E-state index in [4.69, 9.17) is 20.9 Å². The van der Waals surface area contributed by atoms with Crippen LogP contribution in [0.4, 0.5) is 37.3 Å². The van der Waals surface area contributed by atoms with Crippen molar-refractivity contribution in [3.8, 4) is 11.5 Å². The lowest BCUT2D eigenvalue weighted by Crippen LogP contribution is -2.42. The fourth-order valence-corrected chi connectivity index (χ4v) is 8.07. The lowest BCUT2D eigenvalue weighted by molar-refractivity contribution is -0.140. The fourth-order valence-electron chi connectivity index (χ4n) is 6.03. The molecule has 2 fully saturated rings. The monoisotopic (exact) mass is 784 g/mol. The van der Waals surface area contributed by atoms with Crippen molar-refractivity contribution < 1.29 is 45.4 Å². The average Bonchev–Trinajstić information content (AvgIpc) is 3.74. The first-order valence-corrected chi connectivity index (χ1v) is 18.1. The van der Waals surface area contributed by atoms with Gasteiger partial charge in [-0.1, -0.05) is 47.4 Å². The Kier molecular flexibility index (Phi) is 11.3. The number of thiazole rings is 1. The number of nitrogens with one attached hydrogen (secondary N) is 1. The van der Waals surface area contributed by atoms with Crippen LogP contribution in [0.1, 0.15) is 46.5 Å². The molecule has 0 radical (unpaired) electrons. The van der Waals surface area contributed by atoms with Crippen molar-refractivity contribution in [2.45, 2.75) is 61.7 Å². The molecular weight excluding hydrogens is 751 g/mol. The van der Waals surface area contributed by atoms with E-state index >= 15 is 0 Å². The average molecular weight is 785 g/mol. The number of alkyl halides is 6. The summed E-state index contributed by atoms with van der Waals surface area (Å²) >= 11 is 2.49. The lowest BCUT2D eigenvalue weighted by Gasteiger charge is -2.33. The molecule has 0 aliphatic carbocycles. The molecule has 12 nitrogen and oxygen atoms in total. The zero-order valence-corrected chi connectivity index (χ0v) is 29.4. The molecule has 20 heteroatoms.